The third-order valence-corrected chi connectivity index (χ3v) is 1.74. The average Bonchev–Trinajstić information content (AvgIpc) is 2.26. The number of alkyl halides is 2. The van der Waals surface area contributed by atoms with Crippen LogP contribution in [0.4, 0.5) is 8.78 Å². The van der Waals surface area contributed by atoms with E-state index in [9.17, 15) is 8.78 Å². The summed E-state index contributed by atoms with van der Waals surface area (Å²) in [5.74, 6) is 0.0146. The highest BCUT2D eigenvalue weighted by molar-refractivity contribution is 5.48. The summed E-state index contributed by atoms with van der Waals surface area (Å²) in [6.45, 7) is 0. The van der Waals surface area contributed by atoms with Gasteiger partial charge in [0.05, 0.1) is 14.2 Å². The highest BCUT2D eigenvalue weighted by atomic mass is 19.3. The van der Waals surface area contributed by atoms with Crippen molar-refractivity contribution in [2.75, 3.05) is 14.2 Å². The molecule has 15 heavy (non-hydrogen) atoms. The minimum atomic E-state index is -2.84. The second-order valence-corrected chi connectivity index (χ2v) is 2.54. The Morgan fingerprint density at radius 3 is 2.47 bits per heavy atom. The number of aromatic nitrogens is 1. The van der Waals surface area contributed by atoms with Gasteiger partial charge in [0, 0.05) is 6.07 Å². The molecule has 0 spiro atoms. The quantitative estimate of drug-likeness (QED) is 0.771. The Hall–Kier alpha value is -1.90. The number of pyridine rings is 1. The van der Waals surface area contributed by atoms with Gasteiger partial charge in [-0.2, -0.15) is 5.26 Å². The van der Waals surface area contributed by atoms with E-state index in [4.69, 9.17) is 14.7 Å². The largest absolute Gasteiger partial charge is 0.495 e. The smallest absolute Gasteiger partial charge is 0.281 e. The molecule has 0 aromatic carbocycles. The van der Waals surface area contributed by atoms with Crippen LogP contribution in [0.15, 0.2) is 6.07 Å². The van der Waals surface area contributed by atoms with E-state index in [1.807, 2.05) is 0 Å². The lowest BCUT2D eigenvalue weighted by Crippen LogP contribution is -2.01. The molecule has 0 aliphatic rings. The van der Waals surface area contributed by atoms with Crippen molar-refractivity contribution in [3.05, 3.63) is 17.3 Å². The fourth-order valence-corrected chi connectivity index (χ4v) is 1.05. The molecule has 0 fully saturated rings. The standard InChI is InChI=1S/C9H8F2N2O2/c1-14-6-3-7(15-2)13-8(9(10)11)5(6)4-12/h3,9H,1-2H3. The zero-order valence-corrected chi connectivity index (χ0v) is 8.12. The first-order chi connectivity index (χ1) is 7.13. The lowest BCUT2D eigenvalue weighted by atomic mass is 10.2. The van der Waals surface area contributed by atoms with Gasteiger partial charge in [-0.15, -0.1) is 0 Å². The van der Waals surface area contributed by atoms with E-state index in [1.54, 1.807) is 6.07 Å². The molecular weight excluding hydrogens is 206 g/mol. The lowest BCUT2D eigenvalue weighted by Gasteiger charge is -2.09. The summed E-state index contributed by atoms with van der Waals surface area (Å²) in [7, 11) is 2.58. The molecule has 1 aromatic heterocycles. The molecule has 0 aliphatic heterocycles. The van der Waals surface area contributed by atoms with Crippen molar-refractivity contribution in [3.8, 4) is 17.7 Å². The number of ether oxygens (including phenoxy) is 2. The number of nitriles is 1. The summed E-state index contributed by atoms with van der Waals surface area (Å²) in [5, 5.41) is 8.70. The predicted octanol–water partition coefficient (Wildman–Crippen LogP) is 1.91. The van der Waals surface area contributed by atoms with Crippen molar-refractivity contribution < 1.29 is 18.3 Å². The van der Waals surface area contributed by atoms with Gasteiger partial charge in [-0.3, -0.25) is 0 Å². The topological polar surface area (TPSA) is 55.1 Å². The van der Waals surface area contributed by atoms with Crippen LogP contribution in [0.1, 0.15) is 17.7 Å². The maximum Gasteiger partial charge on any atom is 0.281 e. The Kier molecular flexibility index (Phi) is 3.39. The molecule has 4 nitrogen and oxygen atoms in total. The van der Waals surface area contributed by atoms with Crippen molar-refractivity contribution in [2.45, 2.75) is 6.43 Å². The zero-order valence-electron chi connectivity index (χ0n) is 8.12. The van der Waals surface area contributed by atoms with E-state index in [2.05, 4.69) is 4.98 Å². The maximum absolute atomic E-state index is 12.5. The third kappa shape index (κ3) is 2.13. The van der Waals surface area contributed by atoms with E-state index < -0.39 is 12.1 Å². The van der Waals surface area contributed by atoms with Crippen molar-refractivity contribution >= 4 is 0 Å². The van der Waals surface area contributed by atoms with Crippen LogP contribution < -0.4 is 9.47 Å². The molecule has 80 valence electrons. The van der Waals surface area contributed by atoms with Gasteiger partial charge in [-0.25, -0.2) is 13.8 Å². The van der Waals surface area contributed by atoms with Gasteiger partial charge in [0.1, 0.15) is 23.1 Å². The Bertz CT molecular complexity index is 402. The molecule has 0 saturated heterocycles. The number of halogens is 2. The van der Waals surface area contributed by atoms with Crippen molar-refractivity contribution in [3.63, 3.8) is 0 Å². The Labute approximate surface area is 85.1 Å². The third-order valence-electron chi connectivity index (χ3n) is 1.74. The summed E-state index contributed by atoms with van der Waals surface area (Å²) in [6, 6.07) is 2.91. The van der Waals surface area contributed by atoms with Crippen LogP contribution in [0.2, 0.25) is 0 Å². The first-order valence-corrected chi connectivity index (χ1v) is 3.95. The van der Waals surface area contributed by atoms with E-state index in [-0.39, 0.29) is 17.2 Å². The van der Waals surface area contributed by atoms with Crippen molar-refractivity contribution in [1.29, 1.82) is 5.26 Å². The molecule has 1 rings (SSSR count). The summed E-state index contributed by atoms with van der Waals surface area (Å²) in [6.07, 6.45) is -2.84. The molecule has 0 bridgehead atoms. The molecule has 0 amide bonds. The van der Waals surface area contributed by atoms with Gasteiger partial charge in [-0.1, -0.05) is 0 Å². The van der Waals surface area contributed by atoms with E-state index >= 15 is 0 Å². The number of hydrogen-bond donors (Lipinski definition) is 0. The molecule has 0 atom stereocenters. The Morgan fingerprint density at radius 2 is 2.07 bits per heavy atom. The predicted molar refractivity (Wildman–Crippen MR) is 47.0 cm³/mol. The maximum atomic E-state index is 12.5. The normalized spacial score (nSPS) is 9.87. The van der Waals surface area contributed by atoms with Gasteiger partial charge in [0.25, 0.3) is 6.43 Å². The van der Waals surface area contributed by atoms with E-state index in [0.717, 1.165) is 0 Å². The summed E-state index contributed by atoms with van der Waals surface area (Å²) >= 11 is 0. The molecule has 0 radical (unpaired) electrons. The minimum absolute atomic E-state index is 0.0128. The molecule has 0 unspecified atom stereocenters. The van der Waals surface area contributed by atoms with Crippen LogP contribution in [-0.2, 0) is 0 Å². The molecule has 1 aromatic rings. The minimum Gasteiger partial charge on any atom is -0.495 e. The SMILES string of the molecule is COc1cc(OC)c(C#N)c(C(F)F)n1. The first-order valence-electron chi connectivity index (χ1n) is 3.95. The molecule has 0 saturated carbocycles. The number of hydrogen-bond acceptors (Lipinski definition) is 4. The monoisotopic (exact) mass is 214 g/mol. The number of nitrogens with zero attached hydrogens (tertiary/aromatic N) is 2. The molecule has 0 N–H and O–H groups in total. The van der Waals surface area contributed by atoms with Crippen LogP contribution in [0.5, 0.6) is 11.6 Å². The van der Waals surface area contributed by atoms with E-state index in [0.29, 0.717) is 0 Å². The Balaban J connectivity index is 3.41. The lowest BCUT2D eigenvalue weighted by molar-refractivity contribution is 0.144. The van der Waals surface area contributed by atoms with Crippen LogP contribution in [0.25, 0.3) is 0 Å². The summed E-state index contributed by atoms with van der Waals surface area (Å²) in [4.78, 5) is 3.50. The van der Waals surface area contributed by atoms with Gasteiger partial charge in [0.2, 0.25) is 5.88 Å². The summed E-state index contributed by atoms with van der Waals surface area (Å²) < 4.78 is 34.6. The molecule has 1 heterocycles. The number of rotatable bonds is 3. The van der Waals surface area contributed by atoms with Gasteiger partial charge in [0.15, 0.2) is 0 Å². The van der Waals surface area contributed by atoms with Crippen molar-refractivity contribution in [2.24, 2.45) is 0 Å². The Morgan fingerprint density at radius 1 is 1.40 bits per heavy atom. The number of methoxy groups -OCH3 is 2. The zero-order chi connectivity index (χ0) is 11.4. The fraction of sp³-hybridized carbons (Fsp3) is 0.333. The molecular formula is C9H8F2N2O2. The highest BCUT2D eigenvalue weighted by Gasteiger charge is 2.20. The van der Waals surface area contributed by atoms with Crippen LogP contribution >= 0.6 is 0 Å². The van der Waals surface area contributed by atoms with Crippen LogP contribution in [0, 0.1) is 11.3 Å². The fourth-order valence-electron chi connectivity index (χ4n) is 1.05. The average molecular weight is 214 g/mol. The van der Waals surface area contributed by atoms with Gasteiger partial charge in [-0.05, 0) is 0 Å². The van der Waals surface area contributed by atoms with Crippen LogP contribution in [0.3, 0.4) is 0 Å². The second-order valence-electron chi connectivity index (χ2n) is 2.54. The van der Waals surface area contributed by atoms with Gasteiger partial charge < -0.3 is 9.47 Å². The second kappa shape index (κ2) is 4.55. The van der Waals surface area contributed by atoms with Gasteiger partial charge >= 0.3 is 0 Å². The molecule has 0 aliphatic carbocycles. The van der Waals surface area contributed by atoms with E-state index in [1.165, 1.54) is 20.3 Å². The van der Waals surface area contributed by atoms with Crippen LogP contribution in [-0.4, -0.2) is 19.2 Å². The molecule has 6 heteroatoms. The summed E-state index contributed by atoms with van der Waals surface area (Å²) in [5.41, 5.74) is -0.901. The first kappa shape index (κ1) is 11.2. The highest BCUT2D eigenvalue weighted by Crippen LogP contribution is 2.30. The van der Waals surface area contributed by atoms with Crippen molar-refractivity contribution in [1.82, 2.24) is 4.98 Å².